The van der Waals surface area contributed by atoms with E-state index in [0.717, 1.165) is 16.7 Å². The first-order valence-corrected chi connectivity index (χ1v) is 7.66. The van der Waals surface area contributed by atoms with Crippen LogP contribution in [-0.4, -0.2) is 11.2 Å². The molecule has 0 spiro atoms. The van der Waals surface area contributed by atoms with Crippen LogP contribution in [0.4, 0.5) is 5.69 Å². The van der Waals surface area contributed by atoms with E-state index in [-0.39, 0.29) is 0 Å². The van der Waals surface area contributed by atoms with Crippen molar-refractivity contribution < 1.29 is 0 Å². The van der Waals surface area contributed by atoms with E-state index in [0.29, 0.717) is 0 Å². The minimum absolute atomic E-state index is 0.946. The first-order valence-electron chi connectivity index (χ1n) is 7.66. The van der Waals surface area contributed by atoms with Gasteiger partial charge < -0.3 is 4.98 Å². The predicted molar refractivity (Wildman–Crippen MR) is 99.4 cm³/mol. The van der Waals surface area contributed by atoms with Crippen LogP contribution < -0.4 is 0 Å². The SMILES string of the molecule is C(/C=C\c1ccccc1)=Nc1ccc2c(c1)[nH]c1ccccc12. The van der Waals surface area contributed by atoms with E-state index in [1.807, 2.05) is 42.6 Å². The van der Waals surface area contributed by atoms with Crippen LogP contribution in [0.25, 0.3) is 27.9 Å². The third-order valence-electron chi connectivity index (χ3n) is 3.89. The summed E-state index contributed by atoms with van der Waals surface area (Å²) in [6.07, 6.45) is 5.84. The zero-order valence-electron chi connectivity index (χ0n) is 12.6. The van der Waals surface area contributed by atoms with E-state index in [4.69, 9.17) is 0 Å². The number of H-pyrrole nitrogens is 1. The standard InChI is InChI=1S/C21H16N2/c1-2-7-16(8-3-1)9-6-14-22-17-12-13-19-18-10-4-5-11-20(18)23-21(19)15-17/h1-15,23H/b9-6-,22-14?. The summed E-state index contributed by atoms with van der Waals surface area (Å²) in [5.41, 5.74) is 4.40. The van der Waals surface area contributed by atoms with Gasteiger partial charge in [-0.1, -0.05) is 60.7 Å². The molecule has 23 heavy (non-hydrogen) atoms. The number of rotatable bonds is 3. The van der Waals surface area contributed by atoms with E-state index in [2.05, 4.69) is 58.5 Å². The molecule has 1 N–H and O–H groups in total. The van der Waals surface area contributed by atoms with Crippen molar-refractivity contribution in [3.05, 3.63) is 84.4 Å². The first kappa shape index (κ1) is 13.5. The molecule has 0 amide bonds. The minimum atomic E-state index is 0.946. The number of hydrogen-bond donors (Lipinski definition) is 1. The number of para-hydroxylation sites is 1. The molecule has 0 saturated heterocycles. The van der Waals surface area contributed by atoms with E-state index in [9.17, 15) is 0 Å². The second-order valence-corrected chi connectivity index (χ2v) is 5.45. The summed E-state index contributed by atoms with van der Waals surface area (Å²) in [5, 5.41) is 2.49. The van der Waals surface area contributed by atoms with Crippen molar-refractivity contribution >= 4 is 39.8 Å². The maximum absolute atomic E-state index is 4.51. The zero-order chi connectivity index (χ0) is 15.5. The van der Waals surface area contributed by atoms with Gasteiger partial charge in [0.05, 0.1) is 5.69 Å². The van der Waals surface area contributed by atoms with Gasteiger partial charge in [0, 0.05) is 28.0 Å². The second-order valence-electron chi connectivity index (χ2n) is 5.45. The Balaban J connectivity index is 1.61. The van der Waals surface area contributed by atoms with Crippen LogP contribution in [0, 0.1) is 0 Å². The Hall–Kier alpha value is -3.13. The third kappa shape index (κ3) is 2.79. The summed E-state index contributed by atoms with van der Waals surface area (Å²) >= 11 is 0. The Morgan fingerprint density at radius 2 is 1.52 bits per heavy atom. The van der Waals surface area contributed by atoms with Gasteiger partial charge in [0.15, 0.2) is 0 Å². The fourth-order valence-corrected chi connectivity index (χ4v) is 2.77. The van der Waals surface area contributed by atoms with Crippen molar-refractivity contribution in [3.8, 4) is 0 Å². The molecule has 0 bridgehead atoms. The fraction of sp³-hybridized carbons (Fsp3) is 0. The van der Waals surface area contributed by atoms with Crippen LogP contribution in [0.1, 0.15) is 5.56 Å². The van der Waals surface area contributed by atoms with Crippen molar-refractivity contribution in [2.75, 3.05) is 0 Å². The molecule has 0 aliphatic rings. The van der Waals surface area contributed by atoms with Crippen LogP contribution in [0.3, 0.4) is 0 Å². The number of nitrogens with one attached hydrogen (secondary N) is 1. The summed E-state index contributed by atoms with van der Waals surface area (Å²) < 4.78 is 0. The Morgan fingerprint density at radius 1 is 0.739 bits per heavy atom. The maximum atomic E-state index is 4.51. The summed E-state index contributed by atoms with van der Waals surface area (Å²) in [6.45, 7) is 0. The van der Waals surface area contributed by atoms with Gasteiger partial charge in [-0.05, 0) is 29.8 Å². The Labute approximate surface area is 134 Å². The largest absolute Gasteiger partial charge is 0.354 e. The van der Waals surface area contributed by atoms with Gasteiger partial charge in [-0.15, -0.1) is 0 Å². The molecule has 3 aromatic carbocycles. The molecule has 0 saturated carbocycles. The summed E-state index contributed by atoms with van der Waals surface area (Å²) in [6, 6.07) is 24.8. The van der Waals surface area contributed by atoms with E-state index in [1.165, 1.54) is 16.3 Å². The lowest BCUT2D eigenvalue weighted by Crippen LogP contribution is -1.71. The molecular weight excluding hydrogens is 280 g/mol. The molecule has 0 aliphatic carbocycles. The molecule has 0 radical (unpaired) electrons. The first-order chi connectivity index (χ1) is 11.4. The highest BCUT2D eigenvalue weighted by Gasteiger charge is 2.03. The van der Waals surface area contributed by atoms with Gasteiger partial charge >= 0.3 is 0 Å². The van der Waals surface area contributed by atoms with Crippen molar-refractivity contribution in [1.82, 2.24) is 4.98 Å². The van der Waals surface area contributed by atoms with E-state index < -0.39 is 0 Å². The van der Waals surface area contributed by atoms with Crippen molar-refractivity contribution in [3.63, 3.8) is 0 Å². The van der Waals surface area contributed by atoms with E-state index >= 15 is 0 Å². The van der Waals surface area contributed by atoms with Crippen LogP contribution in [0.2, 0.25) is 0 Å². The smallest absolute Gasteiger partial charge is 0.0650 e. The van der Waals surface area contributed by atoms with Crippen LogP contribution in [0.5, 0.6) is 0 Å². The highest BCUT2D eigenvalue weighted by molar-refractivity contribution is 6.07. The molecule has 4 rings (SSSR count). The summed E-state index contributed by atoms with van der Waals surface area (Å²) in [5.74, 6) is 0. The van der Waals surface area contributed by atoms with Crippen molar-refractivity contribution in [2.45, 2.75) is 0 Å². The molecule has 1 aromatic heterocycles. The van der Waals surface area contributed by atoms with Crippen LogP contribution >= 0.6 is 0 Å². The highest BCUT2D eigenvalue weighted by Crippen LogP contribution is 2.28. The topological polar surface area (TPSA) is 28.1 Å². The predicted octanol–water partition coefficient (Wildman–Crippen LogP) is 5.74. The Morgan fingerprint density at radius 3 is 2.43 bits per heavy atom. The molecule has 2 nitrogen and oxygen atoms in total. The number of aromatic nitrogens is 1. The second kappa shape index (κ2) is 5.93. The molecule has 110 valence electrons. The third-order valence-corrected chi connectivity index (χ3v) is 3.89. The molecule has 0 unspecified atom stereocenters. The summed E-state index contributed by atoms with van der Waals surface area (Å²) in [7, 11) is 0. The number of hydrogen-bond acceptors (Lipinski definition) is 1. The van der Waals surface area contributed by atoms with Crippen molar-refractivity contribution in [2.24, 2.45) is 4.99 Å². The normalized spacial score (nSPS) is 12.0. The number of aromatic amines is 1. The van der Waals surface area contributed by atoms with Gasteiger partial charge in [-0.25, -0.2) is 0 Å². The van der Waals surface area contributed by atoms with Crippen LogP contribution in [-0.2, 0) is 0 Å². The molecule has 1 heterocycles. The molecule has 2 heteroatoms. The number of nitrogens with zero attached hydrogens (tertiary/aromatic N) is 1. The Kier molecular flexibility index (Phi) is 3.49. The highest BCUT2D eigenvalue weighted by atomic mass is 14.7. The average molecular weight is 296 g/mol. The quantitative estimate of drug-likeness (QED) is 0.467. The van der Waals surface area contributed by atoms with Crippen molar-refractivity contribution in [1.29, 1.82) is 0 Å². The molecule has 0 aliphatic heterocycles. The fourth-order valence-electron chi connectivity index (χ4n) is 2.77. The van der Waals surface area contributed by atoms with Gasteiger partial charge in [-0.2, -0.15) is 0 Å². The lowest BCUT2D eigenvalue weighted by molar-refractivity contribution is 1.51. The molecule has 4 aromatic rings. The minimum Gasteiger partial charge on any atom is -0.354 e. The number of allylic oxidation sites excluding steroid dienone is 1. The lowest BCUT2D eigenvalue weighted by atomic mass is 10.1. The van der Waals surface area contributed by atoms with E-state index in [1.54, 1.807) is 0 Å². The molecular formula is C21H16N2. The lowest BCUT2D eigenvalue weighted by Gasteiger charge is -1.94. The zero-order valence-corrected chi connectivity index (χ0v) is 12.6. The number of benzene rings is 3. The monoisotopic (exact) mass is 296 g/mol. The average Bonchev–Trinajstić information content (AvgIpc) is 2.97. The van der Waals surface area contributed by atoms with Gasteiger partial charge in [0.25, 0.3) is 0 Å². The van der Waals surface area contributed by atoms with Gasteiger partial charge in [0.2, 0.25) is 0 Å². The van der Waals surface area contributed by atoms with Gasteiger partial charge in [0.1, 0.15) is 0 Å². The van der Waals surface area contributed by atoms with Crippen LogP contribution in [0.15, 0.2) is 83.9 Å². The van der Waals surface area contributed by atoms with Gasteiger partial charge in [-0.3, -0.25) is 4.99 Å². The number of aliphatic imine (C=N–C) groups is 1. The molecule has 0 atom stereocenters. The maximum Gasteiger partial charge on any atom is 0.0650 e. The molecule has 0 fully saturated rings. The Bertz CT molecular complexity index is 1010. The summed E-state index contributed by atoms with van der Waals surface area (Å²) in [4.78, 5) is 7.95. The number of fused-ring (bicyclic) bond motifs is 3.